The van der Waals surface area contributed by atoms with Crippen molar-refractivity contribution in [2.75, 3.05) is 0 Å². The van der Waals surface area contributed by atoms with E-state index < -0.39 is 29.1 Å². The zero-order valence-corrected chi connectivity index (χ0v) is 15.9. The van der Waals surface area contributed by atoms with Gasteiger partial charge in [-0.2, -0.15) is 14.0 Å². The highest BCUT2D eigenvalue weighted by atomic mass is 19.3. The molecule has 0 aliphatic heterocycles. The van der Waals surface area contributed by atoms with Gasteiger partial charge in [0.1, 0.15) is 34.8 Å². The number of ether oxygens (including phenoxy) is 1. The molecule has 2 nitrogen and oxygen atoms in total. The summed E-state index contributed by atoms with van der Waals surface area (Å²) in [6.45, 7) is 1.80. The molecule has 0 aliphatic rings. The third kappa shape index (κ3) is 4.43. The van der Waals surface area contributed by atoms with Gasteiger partial charge in [-0.3, -0.25) is 0 Å². The molecule has 3 aromatic carbocycles. The fraction of sp³-hybridized carbons (Fsp3) is 0.174. The van der Waals surface area contributed by atoms with E-state index in [2.05, 4.69) is 4.74 Å². The molecule has 3 rings (SSSR count). The summed E-state index contributed by atoms with van der Waals surface area (Å²) >= 11 is 0. The fourth-order valence-electron chi connectivity index (χ4n) is 3.04. The second-order valence-corrected chi connectivity index (χ2v) is 6.63. The van der Waals surface area contributed by atoms with Crippen molar-refractivity contribution in [3.8, 4) is 22.9 Å². The normalized spacial score (nSPS) is 11.2. The summed E-state index contributed by atoms with van der Waals surface area (Å²) in [5.41, 5.74) is -0.386. The SMILES string of the molecule is CCCc1cc(F)c(C(F)(F)Oc2ccc(-c3ccc(C#N)c(F)c3)cc2)c(F)c1. The number of nitriles is 1. The van der Waals surface area contributed by atoms with Gasteiger partial charge in [0.15, 0.2) is 0 Å². The molecule has 0 heterocycles. The van der Waals surface area contributed by atoms with Gasteiger partial charge in [0, 0.05) is 0 Å². The van der Waals surface area contributed by atoms with Gasteiger partial charge in [-0.1, -0.05) is 31.5 Å². The van der Waals surface area contributed by atoms with Gasteiger partial charge in [0.05, 0.1) is 5.56 Å². The highest BCUT2D eigenvalue weighted by Gasteiger charge is 2.41. The summed E-state index contributed by atoms with van der Waals surface area (Å²) in [6.07, 6.45) is -3.26. The van der Waals surface area contributed by atoms with Crippen molar-refractivity contribution < 1.29 is 26.7 Å². The van der Waals surface area contributed by atoms with Gasteiger partial charge in [-0.25, -0.2) is 13.2 Å². The first-order valence-electron chi connectivity index (χ1n) is 9.10. The van der Waals surface area contributed by atoms with Crippen LogP contribution in [-0.4, -0.2) is 0 Å². The maximum Gasteiger partial charge on any atom is 0.432 e. The Labute approximate surface area is 170 Å². The molecule has 0 amide bonds. The second-order valence-electron chi connectivity index (χ2n) is 6.63. The first-order valence-corrected chi connectivity index (χ1v) is 9.10. The molecule has 0 saturated heterocycles. The minimum absolute atomic E-state index is 0.118. The molecule has 0 aliphatic carbocycles. The molecule has 0 radical (unpaired) electrons. The Balaban J connectivity index is 1.84. The molecule has 0 spiro atoms. The van der Waals surface area contributed by atoms with Crippen LogP contribution in [0.25, 0.3) is 11.1 Å². The number of aryl methyl sites for hydroxylation is 1. The van der Waals surface area contributed by atoms with Crippen LogP contribution in [0.5, 0.6) is 5.75 Å². The average molecular weight is 417 g/mol. The van der Waals surface area contributed by atoms with Crippen LogP contribution < -0.4 is 4.74 Å². The molecule has 0 fully saturated rings. The van der Waals surface area contributed by atoms with Crippen LogP contribution in [0.4, 0.5) is 22.0 Å². The van der Waals surface area contributed by atoms with Gasteiger partial charge < -0.3 is 4.74 Å². The molecule has 0 atom stereocenters. The van der Waals surface area contributed by atoms with Crippen LogP contribution >= 0.6 is 0 Å². The second kappa shape index (κ2) is 8.54. The molecular weight excluding hydrogens is 401 g/mol. The van der Waals surface area contributed by atoms with Crippen LogP contribution in [0.15, 0.2) is 54.6 Å². The van der Waals surface area contributed by atoms with E-state index in [0.717, 1.165) is 18.2 Å². The van der Waals surface area contributed by atoms with E-state index in [1.807, 2.05) is 0 Å². The quantitative estimate of drug-likeness (QED) is 0.417. The van der Waals surface area contributed by atoms with E-state index >= 15 is 0 Å². The van der Waals surface area contributed by atoms with E-state index in [-0.39, 0.29) is 16.9 Å². The summed E-state index contributed by atoms with van der Waals surface area (Å²) in [4.78, 5) is 0. The molecule has 0 saturated carbocycles. The summed E-state index contributed by atoms with van der Waals surface area (Å²) in [6, 6.07) is 12.6. The monoisotopic (exact) mass is 417 g/mol. The molecule has 30 heavy (non-hydrogen) atoms. The Morgan fingerprint density at radius 2 is 1.47 bits per heavy atom. The van der Waals surface area contributed by atoms with Crippen molar-refractivity contribution in [3.63, 3.8) is 0 Å². The van der Waals surface area contributed by atoms with Crippen molar-refractivity contribution in [3.05, 3.63) is 88.7 Å². The van der Waals surface area contributed by atoms with Gasteiger partial charge in [-0.05, 0) is 59.5 Å². The summed E-state index contributed by atoms with van der Waals surface area (Å²) in [5, 5.41) is 8.77. The third-order valence-corrected chi connectivity index (χ3v) is 4.45. The first-order chi connectivity index (χ1) is 14.2. The van der Waals surface area contributed by atoms with Crippen LogP contribution in [0.2, 0.25) is 0 Å². The number of hydrogen-bond acceptors (Lipinski definition) is 2. The number of nitrogens with zero attached hydrogens (tertiary/aromatic N) is 1. The number of halogens is 5. The first kappa shape index (κ1) is 21.3. The van der Waals surface area contributed by atoms with Gasteiger partial charge >= 0.3 is 6.11 Å². The number of benzene rings is 3. The van der Waals surface area contributed by atoms with Crippen molar-refractivity contribution in [2.24, 2.45) is 0 Å². The van der Waals surface area contributed by atoms with Crippen LogP contribution in [-0.2, 0) is 12.5 Å². The summed E-state index contributed by atoms with van der Waals surface area (Å²) in [5.74, 6) is -3.80. The lowest BCUT2D eigenvalue weighted by Crippen LogP contribution is -2.25. The van der Waals surface area contributed by atoms with Gasteiger partial charge in [0.2, 0.25) is 0 Å². The van der Waals surface area contributed by atoms with Crippen molar-refractivity contribution in [2.45, 2.75) is 25.9 Å². The zero-order valence-electron chi connectivity index (χ0n) is 15.9. The van der Waals surface area contributed by atoms with Gasteiger partial charge in [0.25, 0.3) is 0 Å². The largest absolute Gasteiger partial charge is 0.432 e. The molecule has 0 unspecified atom stereocenters. The summed E-state index contributed by atoms with van der Waals surface area (Å²) in [7, 11) is 0. The van der Waals surface area contributed by atoms with Crippen LogP contribution in [0.3, 0.4) is 0 Å². The highest BCUT2D eigenvalue weighted by Crippen LogP contribution is 2.36. The number of hydrogen-bond donors (Lipinski definition) is 0. The topological polar surface area (TPSA) is 33.0 Å². The van der Waals surface area contributed by atoms with E-state index in [9.17, 15) is 22.0 Å². The minimum atomic E-state index is -4.24. The average Bonchev–Trinajstić information content (AvgIpc) is 2.67. The lowest BCUT2D eigenvalue weighted by Gasteiger charge is -2.20. The third-order valence-electron chi connectivity index (χ3n) is 4.45. The lowest BCUT2D eigenvalue weighted by atomic mass is 10.0. The predicted molar refractivity (Wildman–Crippen MR) is 101 cm³/mol. The molecule has 0 aromatic heterocycles. The van der Waals surface area contributed by atoms with E-state index in [1.165, 1.54) is 36.4 Å². The molecular formula is C23H16F5NO. The maximum absolute atomic E-state index is 14.5. The molecule has 0 N–H and O–H groups in total. The Morgan fingerprint density at radius 1 is 0.867 bits per heavy atom. The number of rotatable bonds is 6. The highest BCUT2D eigenvalue weighted by molar-refractivity contribution is 5.65. The Bertz CT molecular complexity index is 1080. The Hall–Kier alpha value is -3.40. The summed E-state index contributed by atoms with van der Waals surface area (Å²) < 4.78 is 75.6. The zero-order chi connectivity index (χ0) is 21.9. The smallest absolute Gasteiger partial charge is 0.429 e. The van der Waals surface area contributed by atoms with E-state index in [1.54, 1.807) is 13.0 Å². The van der Waals surface area contributed by atoms with Crippen molar-refractivity contribution in [1.29, 1.82) is 5.26 Å². The molecule has 3 aromatic rings. The molecule has 7 heteroatoms. The minimum Gasteiger partial charge on any atom is -0.429 e. The lowest BCUT2D eigenvalue weighted by molar-refractivity contribution is -0.189. The predicted octanol–water partition coefficient (Wildman–Crippen LogP) is 6.72. The fourth-order valence-corrected chi connectivity index (χ4v) is 3.04. The van der Waals surface area contributed by atoms with Crippen molar-refractivity contribution >= 4 is 0 Å². The van der Waals surface area contributed by atoms with Crippen molar-refractivity contribution in [1.82, 2.24) is 0 Å². The molecule has 154 valence electrons. The Kier molecular flexibility index (Phi) is 6.06. The van der Waals surface area contributed by atoms with Gasteiger partial charge in [-0.15, -0.1) is 0 Å². The molecule has 0 bridgehead atoms. The van der Waals surface area contributed by atoms with Crippen LogP contribution in [0, 0.1) is 28.8 Å². The number of alkyl halides is 2. The maximum atomic E-state index is 14.5. The van der Waals surface area contributed by atoms with E-state index in [0.29, 0.717) is 24.0 Å². The Morgan fingerprint density at radius 3 is 2.00 bits per heavy atom. The van der Waals surface area contributed by atoms with E-state index in [4.69, 9.17) is 5.26 Å². The van der Waals surface area contributed by atoms with Crippen LogP contribution in [0.1, 0.15) is 30.0 Å². The standard InChI is InChI=1S/C23H16F5NO/c1-2-3-14-10-20(25)22(21(26)11-14)23(27,28)30-18-8-6-15(7-9-18)16-4-5-17(13-29)19(24)12-16/h4-12H,2-3H2,1H3.